The van der Waals surface area contributed by atoms with Crippen LogP contribution in [-0.4, -0.2) is 83.4 Å². The molecule has 2 unspecified atom stereocenters. The van der Waals surface area contributed by atoms with E-state index in [2.05, 4.69) is 0 Å². The van der Waals surface area contributed by atoms with Gasteiger partial charge in [-0.15, -0.1) is 0 Å². The molecule has 14 nitrogen and oxygen atoms in total. The lowest BCUT2D eigenvalue weighted by molar-refractivity contribution is -0.165. The Kier molecular flexibility index (Phi) is 17.5. The number of amides is 3. The number of rotatable bonds is 14. The van der Waals surface area contributed by atoms with Crippen molar-refractivity contribution in [1.29, 1.82) is 0 Å². The Bertz CT molecular complexity index is 1820. The third kappa shape index (κ3) is 13.4. The van der Waals surface area contributed by atoms with Crippen molar-refractivity contribution in [2.45, 2.75) is 84.7 Å². The number of carbonyl (C=O) groups excluding carboxylic acids is 4. The first-order valence-corrected chi connectivity index (χ1v) is 21.2. The molecule has 1 saturated heterocycles. The molecule has 2 atom stereocenters. The Balaban J connectivity index is 0.000000260. The summed E-state index contributed by atoms with van der Waals surface area (Å²) in [6.07, 6.45) is 5.40. The summed E-state index contributed by atoms with van der Waals surface area (Å²) in [6, 6.07) is 8.57. The molecular weight excluding hydrogens is 795 g/mol. The lowest BCUT2D eigenvalue weighted by Gasteiger charge is -2.18. The molecule has 0 aromatic heterocycles. The van der Waals surface area contributed by atoms with Crippen molar-refractivity contribution in [3.8, 4) is 5.75 Å². The van der Waals surface area contributed by atoms with Crippen molar-refractivity contribution in [3.05, 3.63) is 69.0 Å². The Morgan fingerprint density at radius 2 is 1.68 bits per heavy atom. The number of nitrogens with zero attached hydrogens (tertiary/aromatic N) is 2. The molecule has 1 aliphatic carbocycles. The van der Waals surface area contributed by atoms with E-state index in [1.807, 2.05) is 45.0 Å². The number of nitrogens with two attached hydrogens (primary N) is 1. The topological polar surface area (TPSA) is 203 Å². The van der Waals surface area contributed by atoms with Crippen LogP contribution in [0.5, 0.6) is 5.75 Å². The third-order valence-corrected chi connectivity index (χ3v) is 10.6. The number of carboxylic acid groups (broad SMARTS) is 1. The maximum absolute atomic E-state index is 14.5. The molecular formula is C38H49Cl2FN3O11P. The zero-order chi connectivity index (χ0) is 41.8. The number of hydrogen-bond donors (Lipinski definition) is 3. The van der Waals surface area contributed by atoms with Gasteiger partial charge in [-0.05, 0) is 70.1 Å². The number of anilines is 1. The molecule has 2 aromatic carbocycles. The van der Waals surface area contributed by atoms with E-state index in [0.29, 0.717) is 48.8 Å². The molecule has 308 valence electrons. The molecule has 56 heavy (non-hydrogen) atoms. The van der Waals surface area contributed by atoms with Gasteiger partial charge in [-0.2, -0.15) is 0 Å². The first kappa shape index (κ1) is 46.5. The summed E-state index contributed by atoms with van der Waals surface area (Å²) >= 11 is 12.0. The van der Waals surface area contributed by atoms with E-state index in [1.54, 1.807) is 0 Å². The molecule has 3 aliphatic rings. The Labute approximate surface area is 335 Å². The highest BCUT2D eigenvalue weighted by Gasteiger charge is 2.42. The molecule has 3 amide bonds. The minimum Gasteiger partial charge on any atom is -0.480 e. The van der Waals surface area contributed by atoms with E-state index >= 15 is 0 Å². The highest BCUT2D eigenvalue weighted by Crippen LogP contribution is 2.40. The van der Waals surface area contributed by atoms with E-state index in [0.717, 1.165) is 48.6 Å². The lowest BCUT2D eigenvalue weighted by Crippen LogP contribution is -2.32. The minimum atomic E-state index is -3.10. The second kappa shape index (κ2) is 21.1. The van der Waals surface area contributed by atoms with Crippen LogP contribution in [0.3, 0.4) is 0 Å². The van der Waals surface area contributed by atoms with Gasteiger partial charge in [0.05, 0.1) is 35.9 Å². The predicted molar refractivity (Wildman–Crippen MR) is 208 cm³/mol. The molecule has 5 rings (SSSR count). The first-order chi connectivity index (χ1) is 26.3. The number of carbonyl (C=O) groups is 5. The minimum absolute atomic E-state index is 0.000883. The smallest absolute Gasteiger partial charge is 0.344 e. The number of hydrogen-bond acceptors (Lipinski definition) is 10. The normalized spacial score (nSPS) is 17.6. The van der Waals surface area contributed by atoms with Crippen LogP contribution in [0, 0.1) is 11.2 Å². The zero-order valence-corrected chi connectivity index (χ0v) is 34.3. The SMILES string of the molecule is CC1(C)CON(Cc2ccccc2Cl)C1=O.CCCCCOC(=O)COc1cc(N2C(=O)C3=C(CCCC3)C2=O)c(F)cc1Cl.CP(=O)(O)CCC(N)C(=O)O. The van der Waals surface area contributed by atoms with Gasteiger partial charge in [0.1, 0.15) is 17.6 Å². The van der Waals surface area contributed by atoms with Gasteiger partial charge in [0.15, 0.2) is 14.0 Å². The summed E-state index contributed by atoms with van der Waals surface area (Å²) in [5.41, 5.74) is 6.23. The van der Waals surface area contributed by atoms with Crippen molar-refractivity contribution < 1.29 is 57.2 Å². The second-order valence-corrected chi connectivity index (χ2v) is 17.5. The van der Waals surface area contributed by atoms with Crippen molar-refractivity contribution in [2.75, 3.05) is 37.5 Å². The highest BCUT2D eigenvalue weighted by atomic mass is 35.5. The molecule has 0 saturated carbocycles. The first-order valence-electron chi connectivity index (χ1n) is 18.1. The van der Waals surface area contributed by atoms with Gasteiger partial charge in [0.25, 0.3) is 17.7 Å². The number of halogens is 3. The number of hydroxylamine groups is 2. The summed E-state index contributed by atoms with van der Waals surface area (Å²) in [7, 11) is -3.10. The van der Waals surface area contributed by atoms with Crippen LogP contribution in [-0.2, 0) is 44.7 Å². The van der Waals surface area contributed by atoms with Crippen molar-refractivity contribution in [2.24, 2.45) is 11.1 Å². The van der Waals surface area contributed by atoms with Crippen molar-refractivity contribution in [3.63, 3.8) is 0 Å². The Hall–Kier alpha value is -3.85. The average molecular weight is 845 g/mol. The summed E-state index contributed by atoms with van der Waals surface area (Å²) in [5, 5.41) is 10.3. The molecule has 4 N–H and O–H groups in total. The van der Waals surface area contributed by atoms with Crippen molar-refractivity contribution in [1.82, 2.24) is 5.06 Å². The second-order valence-electron chi connectivity index (χ2n) is 14.2. The largest absolute Gasteiger partial charge is 0.480 e. The standard InChI is InChI=1S/C21H23ClFNO5.C12H14ClNO2.C5H12NO4P/c1-2-3-6-9-28-19(25)12-29-18-11-17(16(23)10-15(18)22)24-20(26)13-7-4-5-8-14(13)21(24)27;1-12(2)8-16-14(11(12)15)7-9-5-3-4-6-10(9)13;1-11(9,10)3-2-4(6)5(7)8/h10-11H,2-9,12H2,1H3;3-6H,7-8H2,1-2H3;4H,2-3,6H2,1H3,(H,7,8)(H,9,10). The fourth-order valence-electron chi connectivity index (χ4n) is 5.57. The number of carboxylic acids is 1. The number of benzene rings is 2. The third-order valence-electron chi connectivity index (χ3n) is 8.82. The molecule has 18 heteroatoms. The monoisotopic (exact) mass is 843 g/mol. The van der Waals surface area contributed by atoms with Gasteiger partial charge in [-0.1, -0.05) is 61.2 Å². The molecule has 0 spiro atoms. The van der Waals surface area contributed by atoms with E-state index < -0.39 is 55.0 Å². The van der Waals surface area contributed by atoms with Crippen LogP contribution in [0.4, 0.5) is 10.1 Å². The molecule has 1 fully saturated rings. The quantitative estimate of drug-likeness (QED) is 0.0791. The summed E-state index contributed by atoms with van der Waals surface area (Å²) in [5.74, 6) is -3.54. The van der Waals surface area contributed by atoms with Gasteiger partial charge in [-0.25, -0.2) is 19.1 Å². The van der Waals surface area contributed by atoms with E-state index in [1.165, 1.54) is 17.8 Å². The van der Waals surface area contributed by atoms with Crippen LogP contribution in [0.2, 0.25) is 10.0 Å². The van der Waals surface area contributed by atoms with Gasteiger partial charge < -0.3 is 25.2 Å². The molecule has 2 aromatic rings. The number of unbranched alkanes of at least 4 members (excludes halogenated alkanes) is 2. The van der Waals surface area contributed by atoms with Gasteiger partial charge >= 0.3 is 11.9 Å². The summed E-state index contributed by atoms with van der Waals surface area (Å²) in [6.45, 7) is 7.70. The van der Waals surface area contributed by atoms with Gasteiger partial charge in [0.2, 0.25) is 0 Å². The lowest BCUT2D eigenvalue weighted by atomic mass is 9.93. The number of ether oxygens (including phenoxy) is 2. The summed E-state index contributed by atoms with van der Waals surface area (Å²) < 4.78 is 35.6. The van der Waals surface area contributed by atoms with Crippen molar-refractivity contribution >= 4 is 65.9 Å². The van der Waals surface area contributed by atoms with Crippen LogP contribution >= 0.6 is 30.6 Å². The Morgan fingerprint density at radius 1 is 1.05 bits per heavy atom. The highest BCUT2D eigenvalue weighted by molar-refractivity contribution is 7.57. The molecule has 2 heterocycles. The average Bonchev–Trinajstić information content (AvgIpc) is 3.55. The van der Waals surface area contributed by atoms with Gasteiger partial charge in [0, 0.05) is 35.1 Å². The number of imide groups is 1. The van der Waals surface area contributed by atoms with E-state index in [-0.39, 0.29) is 34.9 Å². The maximum atomic E-state index is 14.5. The Morgan fingerprint density at radius 3 is 2.21 bits per heavy atom. The predicted octanol–water partition coefficient (Wildman–Crippen LogP) is 6.66. The van der Waals surface area contributed by atoms with Crippen LogP contribution in [0.25, 0.3) is 0 Å². The zero-order valence-electron chi connectivity index (χ0n) is 31.9. The summed E-state index contributed by atoms with van der Waals surface area (Å²) in [4.78, 5) is 74.1. The molecule has 0 radical (unpaired) electrons. The van der Waals surface area contributed by atoms with E-state index in [4.69, 9.17) is 53.2 Å². The number of aliphatic carboxylic acids is 1. The van der Waals surface area contributed by atoms with Crippen LogP contribution in [0.1, 0.15) is 77.7 Å². The number of esters is 1. The fraction of sp³-hybridized carbons (Fsp3) is 0.500. The molecule has 0 bridgehead atoms. The van der Waals surface area contributed by atoms with Crippen LogP contribution < -0.4 is 15.4 Å². The van der Waals surface area contributed by atoms with Crippen LogP contribution in [0.15, 0.2) is 47.5 Å². The fourth-order valence-corrected chi connectivity index (χ4v) is 6.73. The van der Waals surface area contributed by atoms with Gasteiger partial charge in [-0.3, -0.25) is 28.6 Å². The van der Waals surface area contributed by atoms with E-state index in [9.17, 15) is 32.9 Å². The maximum Gasteiger partial charge on any atom is 0.344 e. The molecule has 2 aliphatic heterocycles.